The number of phenolic OH excluding ortho intramolecular Hbond substituents is 1. The highest BCUT2D eigenvalue weighted by Gasteiger charge is 2.06. The van der Waals surface area contributed by atoms with Crippen LogP contribution in [0.1, 0.15) is 13.3 Å². The van der Waals surface area contributed by atoms with Gasteiger partial charge in [-0.15, -0.1) is 11.8 Å². The molecule has 0 bridgehead atoms. The summed E-state index contributed by atoms with van der Waals surface area (Å²) >= 11 is 1.48. The molecule has 17 heavy (non-hydrogen) atoms. The Bertz CT molecular complexity index is 413. The maximum absolute atomic E-state index is 11.3. The van der Waals surface area contributed by atoms with Gasteiger partial charge in [-0.05, 0) is 18.6 Å². The number of ether oxygens (including phenoxy) is 1. The lowest BCUT2D eigenvalue weighted by atomic mass is 10.2. The predicted octanol–water partition coefficient (Wildman–Crippen LogP) is 2.99. The summed E-state index contributed by atoms with van der Waals surface area (Å²) in [5, 5.41) is 9.56. The monoisotopic (exact) mass is 252 g/mol. The highest BCUT2D eigenvalue weighted by atomic mass is 32.2. The lowest BCUT2D eigenvalue weighted by molar-refractivity contribution is -0.136. The SMILES string of the molecule is CCC(=CCSc1ccccc1O)C(=O)OC. The van der Waals surface area contributed by atoms with Crippen LogP contribution in [-0.4, -0.2) is 23.9 Å². The average molecular weight is 252 g/mol. The van der Waals surface area contributed by atoms with Gasteiger partial charge in [-0.3, -0.25) is 0 Å². The molecule has 4 heteroatoms. The summed E-state index contributed by atoms with van der Waals surface area (Å²) in [6.07, 6.45) is 2.48. The molecule has 0 fully saturated rings. The van der Waals surface area contributed by atoms with Crippen molar-refractivity contribution in [2.75, 3.05) is 12.9 Å². The molecule has 0 aliphatic heterocycles. The molecule has 3 nitrogen and oxygen atoms in total. The van der Waals surface area contributed by atoms with Gasteiger partial charge >= 0.3 is 5.97 Å². The van der Waals surface area contributed by atoms with E-state index in [9.17, 15) is 9.90 Å². The van der Waals surface area contributed by atoms with Crippen molar-refractivity contribution < 1.29 is 14.6 Å². The van der Waals surface area contributed by atoms with E-state index in [-0.39, 0.29) is 11.7 Å². The number of aromatic hydroxyl groups is 1. The highest BCUT2D eigenvalue weighted by Crippen LogP contribution is 2.27. The van der Waals surface area contributed by atoms with Gasteiger partial charge in [-0.2, -0.15) is 0 Å². The van der Waals surface area contributed by atoms with E-state index in [1.807, 2.05) is 25.1 Å². The zero-order valence-corrected chi connectivity index (χ0v) is 10.8. The van der Waals surface area contributed by atoms with Crippen LogP contribution in [0.25, 0.3) is 0 Å². The minimum Gasteiger partial charge on any atom is -0.507 e. The Morgan fingerprint density at radius 1 is 1.47 bits per heavy atom. The van der Waals surface area contributed by atoms with Crippen molar-refractivity contribution in [3.05, 3.63) is 35.9 Å². The van der Waals surface area contributed by atoms with Gasteiger partial charge in [0, 0.05) is 16.2 Å². The van der Waals surface area contributed by atoms with Gasteiger partial charge in [0.25, 0.3) is 0 Å². The predicted molar refractivity (Wildman–Crippen MR) is 69.2 cm³/mol. The highest BCUT2D eigenvalue weighted by molar-refractivity contribution is 7.99. The second-order valence-corrected chi connectivity index (χ2v) is 4.42. The first kappa shape index (κ1) is 13.6. The molecule has 0 saturated heterocycles. The molecule has 0 amide bonds. The minimum absolute atomic E-state index is 0.266. The minimum atomic E-state index is -0.287. The number of para-hydroxylation sites is 1. The first-order valence-electron chi connectivity index (χ1n) is 5.37. The van der Waals surface area contributed by atoms with E-state index in [0.717, 1.165) is 4.90 Å². The number of esters is 1. The van der Waals surface area contributed by atoms with Crippen molar-refractivity contribution in [3.8, 4) is 5.75 Å². The van der Waals surface area contributed by atoms with Crippen LogP contribution >= 0.6 is 11.8 Å². The van der Waals surface area contributed by atoms with Crippen LogP contribution in [0.3, 0.4) is 0 Å². The van der Waals surface area contributed by atoms with E-state index in [4.69, 9.17) is 0 Å². The molecule has 1 N–H and O–H groups in total. The molecular weight excluding hydrogens is 236 g/mol. The molecular formula is C13H16O3S. The van der Waals surface area contributed by atoms with E-state index in [1.54, 1.807) is 12.1 Å². The topological polar surface area (TPSA) is 46.5 Å². The van der Waals surface area contributed by atoms with Gasteiger partial charge < -0.3 is 9.84 Å². The molecule has 0 aromatic heterocycles. The van der Waals surface area contributed by atoms with Crippen LogP contribution in [0.5, 0.6) is 5.75 Å². The Kier molecular flexibility index (Phi) is 5.63. The van der Waals surface area contributed by atoms with Crippen LogP contribution in [0.4, 0.5) is 0 Å². The largest absolute Gasteiger partial charge is 0.507 e. The number of hydrogen-bond acceptors (Lipinski definition) is 4. The number of rotatable bonds is 5. The van der Waals surface area contributed by atoms with Crippen LogP contribution < -0.4 is 0 Å². The first-order chi connectivity index (χ1) is 8.19. The maximum atomic E-state index is 11.3. The molecule has 0 radical (unpaired) electrons. The number of carbonyl (C=O) groups is 1. The summed E-state index contributed by atoms with van der Waals surface area (Å²) in [5.41, 5.74) is 0.662. The van der Waals surface area contributed by atoms with E-state index < -0.39 is 0 Å². The fraction of sp³-hybridized carbons (Fsp3) is 0.308. The van der Waals surface area contributed by atoms with Gasteiger partial charge in [0.2, 0.25) is 0 Å². The zero-order valence-electron chi connectivity index (χ0n) is 9.97. The second kappa shape index (κ2) is 7.01. The summed E-state index contributed by atoms with van der Waals surface area (Å²) in [6.45, 7) is 1.91. The van der Waals surface area contributed by atoms with E-state index in [2.05, 4.69) is 4.74 Å². The standard InChI is InChI=1S/C13H16O3S/c1-3-10(13(15)16-2)8-9-17-12-7-5-4-6-11(12)14/h4-8,14H,3,9H2,1-2H3. The quantitative estimate of drug-likeness (QED) is 0.497. The van der Waals surface area contributed by atoms with Gasteiger partial charge in [0.05, 0.1) is 7.11 Å². The third-order valence-electron chi connectivity index (χ3n) is 2.26. The second-order valence-electron chi connectivity index (χ2n) is 3.35. The molecule has 0 heterocycles. The number of thioether (sulfide) groups is 1. The van der Waals surface area contributed by atoms with E-state index in [1.165, 1.54) is 18.9 Å². The number of phenols is 1. The Morgan fingerprint density at radius 2 is 2.18 bits per heavy atom. The van der Waals surface area contributed by atoms with Crippen LogP contribution in [0, 0.1) is 0 Å². The molecule has 92 valence electrons. The molecule has 0 aliphatic carbocycles. The fourth-order valence-electron chi connectivity index (χ4n) is 1.31. The third-order valence-corrected chi connectivity index (χ3v) is 3.25. The molecule has 0 atom stereocenters. The molecule has 0 aliphatic rings. The van der Waals surface area contributed by atoms with Gasteiger partial charge in [-0.25, -0.2) is 4.79 Å². The number of hydrogen-bond donors (Lipinski definition) is 1. The summed E-state index contributed by atoms with van der Waals surface area (Å²) in [6, 6.07) is 7.14. The lowest BCUT2D eigenvalue weighted by Crippen LogP contribution is -2.04. The molecule has 0 saturated carbocycles. The van der Waals surface area contributed by atoms with Crippen LogP contribution in [0.2, 0.25) is 0 Å². The zero-order chi connectivity index (χ0) is 12.7. The molecule has 0 spiro atoms. The summed E-state index contributed by atoms with van der Waals surface area (Å²) < 4.78 is 4.66. The average Bonchev–Trinajstić information content (AvgIpc) is 2.36. The van der Waals surface area contributed by atoms with Crippen molar-refractivity contribution in [3.63, 3.8) is 0 Å². The van der Waals surface area contributed by atoms with Gasteiger partial charge in [0.15, 0.2) is 0 Å². The van der Waals surface area contributed by atoms with Crippen molar-refractivity contribution in [2.24, 2.45) is 0 Å². The maximum Gasteiger partial charge on any atom is 0.333 e. The van der Waals surface area contributed by atoms with E-state index in [0.29, 0.717) is 17.7 Å². The third kappa shape index (κ3) is 4.15. The van der Waals surface area contributed by atoms with Crippen molar-refractivity contribution in [1.82, 2.24) is 0 Å². The smallest absolute Gasteiger partial charge is 0.333 e. The molecule has 0 unspecified atom stereocenters. The Labute approximate surface area is 105 Å². The Morgan fingerprint density at radius 3 is 2.76 bits per heavy atom. The lowest BCUT2D eigenvalue weighted by Gasteiger charge is -2.03. The van der Waals surface area contributed by atoms with Crippen LogP contribution in [-0.2, 0) is 9.53 Å². The van der Waals surface area contributed by atoms with Gasteiger partial charge in [-0.1, -0.05) is 25.1 Å². The Hall–Kier alpha value is -1.42. The van der Waals surface area contributed by atoms with Gasteiger partial charge in [0.1, 0.15) is 5.75 Å². The molecule has 1 aromatic carbocycles. The number of benzene rings is 1. The summed E-state index contributed by atoms with van der Waals surface area (Å²) in [4.78, 5) is 12.1. The summed E-state index contributed by atoms with van der Waals surface area (Å²) in [5.74, 6) is 0.614. The number of methoxy groups -OCH3 is 1. The molecule has 1 rings (SSSR count). The van der Waals surface area contributed by atoms with Crippen LogP contribution in [0.15, 0.2) is 40.8 Å². The van der Waals surface area contributed by atoms with Crippen molar-refractivity contribution >= 4 is 17.7 Å². The fourth-order valence-corrected chi connectivity index (χ4v) is 2.17. The number of carbonyl (C=O) groups excluding carboxylic acids is 1. The van der Waals surface area contributed by atoms with Crippen molar-refractivity contribution in [2.45, 2.75) is 18.2 Å². The normalized spacial score (nSPS) is 11.3. The van der Waals surface area contributed by atoms with Crippen molar-refractivity contribution in [1.29, 1.82) is 0 Å². The Balaban J connectivity index is 2.59. The van der Waals surface area contributed by atoms with E-state index >= 15 is 0 Å². The summed E-state index contributed by atoms with van der Waals surface area (Å²) in [7, 11) is 1.38. The molecule has 1 aromatic rings. The first-order valence-corrected chi connectivity index (χ1v) is 6.35.